The van der Waals surface area contributed by atoms with Crippen LogP contribution in [0.2, 0.25) is 0 Å². The second kappa shape index (κ2) is 10.5. The Balaban J connectivity index is 1.90. The Morgan fingerprint density at radius 2 is 1.50 bits per heavy atom. The fourth-order valence-electron chi connectivity index (χ4n) is 2.43. The van der Waals surface area contributed by atoms with E-state index in [1.165, 1.54) is 0 Å². The molecule has 0 bridgehead atoms. The quantitative estimate of drug-likeness (QED) is 0.425. The predicted molar refractivity (Wildman–Crippen MR) is 105 cm³/mol. The lowest BCUT2D eigenvalue weighted by molar-refractivity contribution is -0.159. The Morgan fingerprint density at radius 3 is 2.07 bits per heavy atom. The van der Waals surface area contributed by atoms with Crippen LogP contribution in [0.5, 0.6) is 0 Å². The first kappa shape index (κ1) is 21.4. The average molecular weight is 385 g/mol. The molecule has 2 aromatic rings. The van der Waals surface area contributed by atoms with E-state index in [1.54, 1.807) is 20.8 Å². The van der Waals surface area contributed by atoms with Gasteiger partial charge < -0.3 is 19.5 Å². The number of amides is 1. The second-order valence-electron chi connectivity index (χ2n) is 7.30. The summed E-state index contributed by atoms with van der Waals surface area (Å²) in [7, 11) is 0. The molecule has 6 heteroatoms. The standard InChI is InChI=1S/C22H27NO5/c1-22(2,3)28-21(25)23-19(14-17-10-6-4-7-11-17)20(24)27-16-26-15-18-12-8-5-9-13-18/h4-13,19H,14-16H2,1-3H3,(H,23,25)/t19-/m0/s1. The Kier molecular flexibility index (Phi) is 8.02. The van der Waals surface area contributed by atoms with Crippen LogP contribution in [0.1, 0.15) is 31.9 Å². The van der Waals surface area contributed by atoms with Gasteiger partial charge in [0.05, 0.1) is 6.61 Å². The number of rotatable bonds is 8. The Bertz CT molecular complexity index is 741. The van der Waals surface area contributed by atoms with Gasteiger partial charge in [0, 0.05) is 6.42 Å². The lowest BCUT2D eigenvalue weighted by atomic mass is 10.1. The molecule has 0 fully saturated rings. The number of benzene rings is 2. The van der Waals surface area contributed by atoms with Crippen LogP contribution in [0.15, 0.2) is 60.7 Å². The number of alkyl carbamates (subject to hydrolysis) is 1. The number of carbonyl (C=O) groups excluding carboxylic acids is 2. The van der Waals surface area contributed by atoms with E-state index in [1.807, 2.05) is 60.7 Å². The third-order valence-corrected chi connectivity index (χ3v) is 3.65. The van der Waals surface area contributed by atoms with Crippen molar-refractivity contribution in [3.05, 3.63) is 71.8 Å². The molecule has 0 radical (unpaired) electrons. The molecule has 1 N–H and O–H groups in total. The highest BCUT2D eigenvalue weighted by Gasteiger charge is 2.26. The molecule has 0 aliphatic heterocycles. The van der Waals surface area contributed by atoms with Gasteiger partial charge in [0.15, 0.2) is 6.79 Å². The van der Waals surface area contributed by atoms with Crippen molar-refractivity contribution in [3.8, 4) is 0 Å². The first-order valence-corrected chi connectivity index (χ1v) is 9.15. The van der Waals surface area contributed by atoms with Gasteiger partial charge in [-0.25, -0.2) is 9.59 Å². The van der Waals surface area contributed by atoms with Gasteiger partial charge in [-0.2, -0.15) is 0 Å². The molecule has 0 saturated carbocycles. The lowest BCUT2D eigenvalue weighted by Gasteiger charge is -2.23. The molecule has 1 atom stereocenters. The van der Waals surface area contributed by atoms with Gasteiger partial charge in [0.2, 0.25) is 0 Å². The molecule has 0 aliphatic carbocycles. The third kappa shape index (κ3) is 8.22. The zero-order valence-electron chi connectivity index (χ0n) is 16.5. The molecule has 2 aromatic carbocycles. The maximum Gasteiger partial charge on any atom is 0.408 e. The summed E-state index contributed by atoms with van der Waals surface area (Å²) < 4.78 is 15.8. The van der Waals surface area contributed by atoms with E-state index >= 15 is 0 Å². The molecule has 0 spiro atoms. The van der Waals surface area contributed by atoms with Gasteiger partial charge in [-0.1, -0.05) is 60.7 Å². The van der Waals surface area contributed by atoms with Gasteiger partial charge in [-0.3, -0.25) is 0 Å². The minimum atomic E-state index is -0.877. The van der Waals surface area contributed by atoms with Crippen molar-refractivity contribution in [2.45, 2.75) is 45.4 Å². The minimum Gasteiger partial charge on any atom is -0.444 e. The number of hydrogen-bond donors (Lipinski definition) is 1. The van der Waals surface area contributed by atoms with Crippen molar-refractivity contribution >= 4 is 12.1 Å². The predicted octanol–water partition coefficient (Wildman–Crippen LogP) is 3.84. The van der Waals surface area contributed by atoms with Gasteiger partial charge in [0.25, 0.3) is 0 Å². The highest BCUT2D eigenvalue weighted by Crippen LogP contribution is 2.09. The number of carbonyl (C=O) groups is 2. The Labute approximate surface area is 165 Å². The molecule has 2 rings (SSSR count). The SMILES string of the molecule is CC(C)(C)OC(=O)N[C@@H](Cc1ccccc1)C(=O)OCOCc1ccccc1. The highest BCUT2D eigenvalue weighted by molar-refractivity contribution is 5.81. The maximum atomic E-state index is 12.5. The number of nitrogens with one attached hydrogen (secondary N) is 1. The zero-order valence-corrected chi connectivity index (χ0v) is 16.5. The normalized spacial score (nSPS) is 12.1. The molecule has 0 heterocycles. The van der Waals surface area contributed by atoms with Crippen LogP contribution < -0.4 is 5.32 Å². The van der Waals surface area contributed by atoms with Crippen LogP contribution in [0.25, 0.3) is 0 Å². The average Bonchev–Trinajstić information content (AvgIpc) is 2.65. The van der Waals surface area contributed by atoms with Crippen molar-refractivity contribution in [2.75, 3.05) is 6.79 Å². The summed E-state index contributed by atoms with van der Waals surface area (Å²) in [5, 5.41) is 2.59. The first-order valence-electron chi connectivity index (χ1n) is 9.15. The van der Waals surface area contributed by atoms with E-state index in [2.05, 4.69) is 5.32 Å². The number of hydrogen-bond acceptors (Lipinski definition) is 5. The molecule has 0 aromatic heterocycles. The van der Waals surface area contributed by atoms with Crippen molar-refractivity contribution in [1.82, 2.24) is 5.32 Å². The zero-order chi connectivity index (χ0) is 20.4. The topological polar surface area (TPSA) is 73.9 Å². The monoisotopic (exact) mass is 385 g/mol. The summed E-state index contributed by atoms with van der Waals surface area (Å²) >= 11 is 0. The molecular formula is C22H27NO5. The first-order chi connectivity index (χ1) is 13.3. The summed E-state index contributed by atoms with van der Waals surface area (Å²) in [6, 6.07) is 18.1. The van der Waals surface area contributed by atoms with Gasteiger partial charge in [-0.15, -0.1) is 0 Å². The van der Waals surface area contributed by atoms with E-state index in [0.29, 0.717) is 6.61 Å². The molecule has 0 unspecified atom stereocenters. The third-order valence-electron chi connectivity index (χ3n) is 3.65. The largest absolute Gasteiger partial charge is 0.444 e. The van der Waals surface area contributed by atoms with E-state index in [4.69, 9.17) is 14.2 Å². The summed E-state index contributed by atoms with van der Waals surface area (Å²) in [4.78, 5) is 24.6. The van der Waals surface area contributed by atoms with Crippen molar-refractivity contribution in [1.29, 1.82) is 0 Å². The van der Waals surface area contributed by atoms with Crippen LogP contribution in [0.3, 0.4) is 0 Å². The van der Waals surface area contributed by atoms with Crippen LogP contribution in [-0.4, -0.2) is 30.5 Å². The number of ether oxygens (including phenoxy) is 3. The molecular weight excluding hydrogens is 358 g/mol. The van der Waals surface area contributed by atoms with Crippen molar-refractivity contribution < 1.29 is 23.8 Å². The molecule has 6 nitrogen and oxygen atoms in total. The van der Waals surface area contributed by atoms with Crippen molar-refractivity contribution in [2.24, 2.45) is 0 Å². The summed E-state index contributed by atoms with van der Waals surface area (Å²) in [5.41, 5.74) is 1.21. The Hall–Kier alpha value is -2.86. The summed E-state index contributed by atoms with van der Waals surface area (Å²) in [6.07, 6.45) is -0.381. The minimum absolute atomic E-state index is 0.199. The molecule has 1 amide bonds. The van der Waals surface area contributed by atoms with E-state index in [-0.39, 0.29) is 13.2 Å². The van der Waals surface area contributed by atoms with E-state index < -0.39 is 23.7 Å². The number of esters is 1. The second-order valence-corrected chi connectivity index (χ2v) is 7.30. The van der Waals surface area contributed by atoms with E-state index in [9.17, 15) is 9.59 Å². The van der Waals surface area contributed by atoms with Gasteiger partial charge in [-0.05, 0) is 31.9 Å². The van der Waals surface area contributed by atoms with Gasteiger partial charge >= 0.3 is 12.1 Å². The molecule has 0 saturated heterocycles. The Morgan fingerprint density at radius 1 is 0.929 bits per heavy atom. The van der Waals surface area contributed by atoms with Crippen LogP contribution in [0, 0.1) is 0 Å². The smallest absolute Gasteiger partial charge is 0.408 e. The fourth-order valence-corrected chi connectivity index (χ4v) is 2.43. The van der Waals surface area contributed by atoms with Crippen molar-refractivity contribution in [3.63, 3.8) is 0 Å². The highest BCUT2D eigenvalue weighted by atomic mass is 16.7. The fraction of sp³-hybridized carbons (Fsp3) is 0.364. The summed E-state index contributed by atoms with van der Waals surface area (Å²) in [5.74, 6) is -0.581. The molecule has 150 valence electrons. The van der Waals surface area contributed by atoms with Crippen LogP contribution in [0.4, 0.5) is 4.79 Å². The summed E-state index contributed by atoms with van der Waals surface area (Å²) in [6.45, 7) is 5.41. The van der Waals surface area contributed by atoms with E-state index in [0.717, 1.165) is 11.1 Å². The molecule has 28 heavy (non-hydrogen) atoms. The maximum absolute atomic E-state index is 12.5. The lowest BCUT2D eigenvalue weighted by Crippen LogP contribution is -2.45. The molecule has 0 aliphatic rings. The van der Waals surface area contributed by atoms with Gasteiger partial charge in [0.1, 0.15) is 11.6 Å². The van der Waals surface area contributed by atoms with Crippen LogP contribution >= 0.6 is 0 Å². The van der Waals surface area contributed by atoms with Crippen LogP contribution in [-0.2, 0) is 32.0 Å².